The number of anilines is 2. The van der Waals surface area contributed by atoms with E-state index in [4.69, 9.17) is 20.6 Å². The molecule has 0 unspecified atom stereocenters. The first-order valence-corrected chi connectivity index (χ1v) is 16.5. The zero-order chi connectivity index (χ0) is 33.7. The molecule has 13 heteroatoms. The van der Waals surface area contributed by atoms with E-state index in [1.807, 2.05) is 0 Å². The minimum atomic E-state index is -4.28. The number of hydrogen-bond acceptors (Lipinski definition) is 9. The van der Waals surface area contributed by atoms with Crippen LogP contribution in [0.2, 0.25) is 0 Å². The largest absolute Gasteiger partial charge is 0.465 e. The number of aryl methyl sites for hydroxylation is 2. The van der Waals surface area contributed by atoms with Crippen LogP contribution in [0.15, 0.2) is 77.8 Å². The van der Waals surface area contributed by atoms with E-state index in [9.17, 15) is 22.8 Å². The number of nitrogens with one attached hydrogen (secondary N) is 1. The van der Waals surface area contributed by atoms with Gasteiger partial charge in [-0.25, -0.2) is 13.2 Å². The second kappa shape index (κ2) is 14.0. The van der Waals surface area contributed by atoms with Gasteiger partial charge in [-0.1, -0.05) is 24.3 Å². The van der Waals surface area contributed by atoms with Crippen molar-refractivity contribution >= 4 is 56.0 Å². The van der Waals surface area contributed by atoms with Gasteiger partial charge in [-0.3, -0.25) is 24.3 Å². The average Bonchev–Trinajstić information content (AvgIpc) is 3.08. The molecule has 0 saturated carbocycles. The molecule has 2 heterocycles. The molecule has 5 rings (SSSR count). The molecular weight excluding hydrogens is 622 g/mol. The first-order valence-electron chi connectivity index (χ1n) is 15.1. The Kier molecular flexibility index (Phi) is 9.85. The topological polar surface area (TPSA) is 173 Å². The van der Waals surface area contributed by atoms with E-state index in [0.29, 0.717) is 41.6 Å². The number of nitrogen functional groups attached to an aromatic ring is 1. The van der Waals surface area contributed by atoms with Gasteiger partial charge in [0, 0.05) is 35.8 Å². The number of amidine groups is 1. The third-order valence-electron chi connectivity index (χ3n) is 7.94. The molecule has 47 heavy (non-hydrogen) atoms. The number of ether oxygens (including phenoxy) is 2. The molecule has 0 radical (unpaired) electrons. The highest BCUT2D eigenvalue weighted by Crippen LogP contribution is 2.35. The van der Waals surface area contributed by atoms with Gasteiger partial charge in [-0.2, -0.15) is 0 Å². The highest BCUT2D eigenvalue weighted by atomic mass is 32.2. The van der Waals surface area contributed by atoms with Crippen molar-refractivity contribution in [3.63, 3.8) is 0 Å². The Bertz CT molecular complexity index is 1970. The molecule has 4 aromatic rings. The van der Waals surface area contributed by atoms with Gasteiger partial charge in [0.2, 0.25) is 5.91 Å². The summed E-state index contributed by atoms with van der Waals surface area (Å²) in [6, 6.07) is 18.0. The average molecular weight is 658 g/mol. The van der Waals surface area contributed by atoms with Crippen LogP contribution in [-0.2, 0) is 41.9 Å². The molecule has 1 aliphatic rings. The van der Waals surface area contributed by atoms with Crippen LogP contribution in [0.1, 0.15) is 46.8 Å². The van der Waals surface area contributed by atoms with Crippen LogP contribution < -0.4 is 14.9 Å². The number of esters is 2. The monoisotopic (exact) mass is 657 g/mol. The highest BCUT2D eigenvalue weighted by Gasteiger charge is 2.31. The summed E-state index contributed by atoms with van der Waals surface area (Å²) in [6.07, 6.45) is 3.15. The SMILES string of the molecule is CCOC(=O)CN(c1ccc2c(c1)CCCN2C(=O)CCc1ccc(C(=O)OC)cc1C(=N)N)S(=O)(=O)c1cccc2cccnc12. The van der Waals surface area contributed by atoms with Crippen molar-refractivity contribution in [2.24, 2.45) is 5.73 Å². The van der Waals surface area contributed by atoms with Gasteiger partial charge >= 0.3 is 11.9 Å². The molecule has 0 fully saturated rings. The number of aromatic nitrogens is 1. The number of amides is 1. The molecule has 0 aliphatic carbocycles. The maximum atomic E-state index is 14.2. The minimum absolute atomic E-state index is 0.0426. The van der Waals surface area contributed by atoms with Crippen molar-refractivity contribution in [2.45, 2.75) is 37.5 Å². The zero-order valence-electron chi connectivity index (χ0n) is 26.1. The van der Waals surface area contributed by atoms with Crippen molar-refractivity contribution in [3.8, 4) is 0 Å². The summed E-state index contributed by atoms with van der Waals surface area (Å²) in [7, 11) is -3.01. The van der Waals surface area contributed by atoms with Gasteiger partial charge < -0.3 is 20.1 Å². The number of nitrogens with two attached hydrogens (primary N) is 1. The lowest BCUT2D eigenvalue weighted by Gasteiger charge is -2.31. The Hall–Kier alpha value is -5.30. The predicted molar refractivity (Wildman–Crippen MR) is 177 cm³/mol. The third kappa shape index (κ3) is 6.94. The number of carbonyl (C=O) groups is 3. The standard InChI is InChI=1S/C34H35N5O7S/c1-3-46-31(41)21-39(47(43,44)29-10-4-7-23-8-5-17-37-32(23)29)26-14-15-28-24(19-26)9-6-18-38(28)30(40)16-13-22-11-12-25(34(42)45-2)20-27(22)33(35)36/h4-5,7-8,10-12,14-15,17,19-20H,3,6,9,13,16,18,21H2,1-2H3,(H3,35,36). The fourth-order valence-corrected chi connectivity index (χ4v) is 7.28. The summed E-state index contributed by atoms with van der Waals surface area (Å²) >= 11 is 0. The number of nitrogens with zero attached hydrogens (tertiary/aromatic N) is 3. The van der Waals surface area contributed by atoms with Crippen LogP contribution in [0.25, 0.3) is 10.9 Å². The summed E-state index contributed by atoms with van der Waals surface area (Å²) in [5, 5.41) is 8.60. The molecule has 244 valence electrons. The molecule has 1 amide bonds. The van der Waals surface area contributed by atoms with Crippen LogP contribution in [-0.4, -0.2) is 63.9 Å². The van der Waals surface area contributed by atoms with Crippen molar-refractivity contribution in [1.29, 1.82) is 5.41 Å². The van der Waals surface area contributed by atoms with Crippen LogP contribution in [0.3, 0.4) is 0 Å². The van der Waals surface area contributed by atoms with E-state index in [1.54, 1.807) is 66.4 Å². The highest BCUT2D eigenvalue weighted by molar-refractivity contribution is 7.93. The summed E-state index contributed by atoms with van der Waals surface area (Å²) in [4.78, 5) is 44.1. The van der Waals surface area contributed by atoms with Crippen molar-refractivity contribution in [1.82, 2.24) is 4.98 Å². The number of sulfonamides is 1. The zero-order valence-corrected chi connectivity index (χ0v) is 26.9. The van der Waals surface area contributed by atoms with Gasteiger partial charge in [0.25, 0.3) is 10.0 Å². The first-order chi connectivity index (χ1) is 22.5. The van der Waals surface area contributed by atoms with Crippen LogP contribution in [0, 0.1) is 5.41 Å². The molecule has 0 spiro atoms. The number of methoxy groups -OCH3 is 1. The summed E-state index contributed by atoms with van der Waals surface area (Å²) < 4.78 is 39.2. The molecule has 0 atom stereocenters. The lowest BCUT2D eigenvalue weighted by atomic mass is 9.97. The number of pyridine rings is 1. The molecule has 3 aromatic carbocycles. The Balaban J connectivity index is 1.44. The minimum Gasteiger partial charge on any atom is -0.465 e. The summed E-state index contributed by atoms with van der Waals surface area (Å²) in [6.45, 7) is 1.66. The summed E-state index contributed by atoms with van der Waals surface area (Å²) in [5.74, 6) is -1.65. The van der Waals surface area contributed by atoms with Crippen molar-refractivity contribution in [2.75, 3.05) is 36.0 Å². The molecular formula is C34H35N5O7S. The van der Waals surface area contributed by atoms with E-state index in [1.165, 1.54) is 25.4 Å². The number of hydrogen-bond donors (Lipinski definition) is 2. The van der Waals surface area contributed by atoms with E-state index >= 15 is 0 Å². The van der Waals surface area contributed by atoms with E-state index < -0.39 is 28.5 Å². The quantitative estimate of drug-likeness (QED) is 0.137. The molecule has 0 bridgehead atoms. The smallest absolute Gasteiger partial charge is 0.337 e. The molecule has 3 N–H and O–H groups in total. The van der Waals surface area contributed by atoms with Gasteiger partial charge in [0.15, 0.2) is 0 Å². The number of rotatable bonds is 11. The lowest BCUT2D eigenvalue weighted by Crippen LogP contribution is -2.38. The predicted octanol–water partition coefficient (Wildman–Crippen LogP) is 3.98. The Morgan fingerprint density at radius 1 is 1.06 bits per heavy atom. The Morgan fingerprint density at radius 2 is 1.85 bits per heavy atom. The second-order valence-electron chi connectivity index (χ2n) is 10.9. The summed E-state index contributed by atoms with van der Waals surface area (Å²) in [5.41, 5.74) is 8.98. The number of fused-ring (bicyclic) bond motifs is 2. The normalized spacial score (nSPS) is 12.7. The maximum Gasteiger partial charge on any atom is 0.337 e. The number of benzene rings is 3. The number of carbonyl (C=O) groups excluding carboxylic acids is 3. The van der Waals surface area contributed by atoms with Crippen molar-refractivity contribution in [3.05, 3.63) is 95.2 Å². The van der Waals surface area contributed by atoms with Crippen LogP contribution in [0.4, 0.5) is 11.4 Å². The molecule has 0 saturated heterocycles. The van der Waals surface area contributed by atoms with Gasteiger partial charge in [-0.15, -0.1) is 0 Å². The van der Waals surface area contributed by atoms with Crippen molar-refractivity contribution < 1.29 is 32.3 Å². The Labute approximate surface area is 272 Å². The Morgan fingerprint density at radius 3 is 2.60 bits per heavy atom. The van der Waals surface area contributed by atoms with Crippen LogP contribution >= 0.6 is 0 Å². The third-order valence-corrected chi connectivity index (χ3v) is 9.75. The first kappa shape index (κ1) is 33.1. The van der Waals surface area contributed by atoms with E-state index in [-0.39, 0.29) is 52.9 Å². The van der Waals surface area contributed by atoms with Crippen LogP contribution in [0.5, 0.6) is 0 Å². The molecule has 12 nitrogen and oxygen atoms in total. The fraction of sp³-hybridized carbons (Fsp3) is 0.265. The number of para-hydroxylation sites is 1. The van der Waals surface area contributed by atoms with E-state index in [0.717, 1.165) is 9.87 Å². The lowest BCUT2D eigenvalue weighted by molar-refractivity contribution is -0.141. The van der Waals surface area contributed by atoms with Gasteiger partial charge in [-0.05, 0) is 79.8 Å². The van der Waals surface area contributed by atoms with Gasteiger partial charge in [0.05, 0.1) is 30.5 Å². The molecule has 1 aliphatic heterocycles. The maximum absolute atomic E-state index is 14.2. The fourth-order valence-electron chi connectivity index (χ4n) is 5.71. The van der Waals surface area contributed by atoms with Gasteiger partial charge in [0.1, 0.15) is 17.3 Å². The van der Waals surface area contributed by atoms with E-state index in [2.05, 4.69) is 4.98 Å². The second-order valence-corrected chi connectivity index (χ2v) is 12.7. The molecule has 1 aromatic heterocycles.